The van der Waals surface area contributed by atoms with E-state index in [1.54, 1.807) is 45.8 Å². The predicted octanol–water partition coefficient (Wildman–Crippen LogP) is 7.36. The number of benzene rings is 2. The fourth-order valence-corrected chi connectivity index (χ4v) is 7.57. The summed E-state index contributed by atoms with van der Waals surface area (Å²) in [5.41, 5.74) is 0.562. The van der Waals surface area contributed by atoms with Crippen LogP contribution in [0.25, 0.3) is 22.2 Å². The Morgan fingerprint density at radius 2 is 1.56 bits per heavy atom. The molecule has 0 bridgehead atoms. The molecule has 3 aliphatic rings. The van der Waals surface area contributed by atoms with Crippen molar-refractivity contribution in [3.63, 3.8) is 0 Å². The molecule has 14 nitrogen and oxygen atoms in total. The molecule has 3 aromatic rings. The van der Waals surface area contributed by atoms with Crippen LogP contribution in [0, 0.1) is 11.3 Å². The maximum Gasteiger partial charge on any atom is 0.259 e. The second kappa shape index (κ2) is 24.5. The number of nitrogens with zero attached hydrogens (tertiary/aromatic N) is 2. The molecule has 3 fully saturated rings. The third-order valence-electron chi connectivity index (χ3n) is 10.00. The molecule has 0 spiro atoms. The Kier molecular flexibility index (Phi) is 21.7. The summed E-state index contributed by atoms with van der Waals surface area (Å²) < 4.78 is 36.9. The molecule has 2 aliphatic carbocycles. The molecule has 2 unspecified atom stereocenters. The molecule has 2 aromatic carbocycles. The van der Waals surface area contributed by atoms with E-state index in [2.05, 4.69) is 35.1 Å². The molecule has 2 heterocycles. The molecular formula is C48H73N5O9S. The average Bonchev–Trinajstić information content (AvgIpc) is 4.14. The Morgan fingerprint density at radius 1 is 0.968 bits per heavy atom. The van der Waals surface area contributed by atoms with Gasteiger partial charge in [0.2, 0.25) is 28.8 Å². The van der Waals surface area contributed by atoms with Crippen LogP contribution in [0.3, 0.4) is 0 Å². The van der Waals surface area contributed by atoms with Crippen LogP contribution in [-0.2, 0) is 29.2 Å². The number of methoxy groups -OCH3 is 1. The van der Waals surface area contributed by atoms with Crippen LogP contribution in [0.5, 0.6) is 11.5 Å². The largest absolute Gasteiger partial charge is 0.497 e. The summed E-state index contributed by atoms with van der Waals surface area (Å²) in [7, 11) is -2.04. The number of rotatable bonds is 13. The van der Waals surface area contributed by atoms with Crippen LogP contribution in [0.4, 0.5) is 0 Å². The van der Waals surface area contributed by atoms with Gasteiger partial charge < -0.3 is 30.1 Å². The van der Waals surface area contributed by atoms with Gasteiger partial charge in [-0.2, -0.15) is 0 Å². The predicted molar refractivity (Wildman–Crippen MR) is 253 cm³/mol. The molecule has 4 N–H and O–H groups in total. The minimum atomic E-state index is -3.67. The van der Waals surface area contributed by atoms with Crippen LogP contribution in [0.2, 0.25) is 0 Å². The molecule has 4 amide bonds. The number of pyridine rings is 1. The Labute approximate surface area is 376 Å². The van der Waals surface area contributed by atoms with Crippen molar-refractivity contribution >= 4 is 45.6 Å². The first-order valence-corrected chi connectivity index (χ1v) is 22.9. The molecule has 0 radical (unpaired) electrons. The molecule has 6 rings (SSSR count). The summed E-state index contributed by atoms with van der Waals surface area (Å²) in [6.07, 6.45) is 4.59. The summed E-state index contributed by atoms with van der Waals surface area (Å²) >= 11 is 0. The summed E-state index contributed by atoms with van der Waals surface area (Å²) in [5, 5.41) is 14.5. The molecule has 350 valence electrons. The summed E-state index contributed by atoms with van der Waals surface area (Å²) in [6.45, 7) is 31.3. The average molecular weight is 896 g/mol. The minimum absolute atomic E-state index is 0.0833. The number of fused-ring (bicyclic) bond motifs is 1. The van der Waals surface area contributed by atoms with Crippen LogP contribution in [-0.4, -0.2) is 96.3 Å². The molecule has 1 aromatic heterocycles. The SMILES string of the molecule is C=C.C=CC1C[C@]1(NC=O)C(=O)NS(=O)(=O)C1(C)CC1.CC.CC.CC(C)(C)O.COc1ccc2c(OC3CCN(C(=O)[C@@H](NC=O)C(C)(C)C)C3)cc(-c3ccccc3)nc2c1. The lowest BCUT2D eigenvalue weighted by Gasteiger charge is -2.32. The Hall–Kier alpha value is -5.28. The van der Waals surface area contributed by atoms with Crippen LogP contribution >= 0.6 is 0 Å². The van der Waals surface area contributed by atoms with Crippen LogP contribution in [0.15, 0.2) is 80.4 Å². The first-order valence-electron chi connectivity index (χ1n) is 21.4. The van der Waals surface area contributed by atoms with Gasteiger partial charge in [-0.05, 0) is 64.5 Å². The Balaban J connectivity index is 0.000000572. The quantitative estimate of drug-likeness (QED) is 0.0996. The van der Waals surface area contributed by atoms with Gasteiger partial charge in [0.1, 0.15) is 29.2 Å². The molecule has 1 saturated heterocycles. The number of hydrogen-bond donors (Lipinski definition) is 4. The van der Waals surface area contributed by atoms with Gasteiger partial charge in [0, 0.05) is 42.0 Å². The lowest BCUT2D eigenvalue weighted by Crippen LogP contribution is -2.52. The zero-order chi connectivity index (χ0) is 48.4. The fourth-order valence-electron chi connectivity index (χ4n) is 6.26. The van der Waals surface area contributed by atoms with Crippen molar-refractivity contribution in [3.8, 4) is 22.8 Å². The maximum absolute atomic E-state index is 13.1. The normalized spacial score (nSPS) is 19.5. The van der Waals surface area contributed by atoms with Crippen molar-refractivity contribution in [1.29, 1.82) is 0 Å². The zero-order valence-electron chi connectivity index (χ0n) is 39.5. The van der Waals surface area contributed by atoms with Gasteiger partial charge in [-0.15, -0.1) is 19.7 Å². The maximum atomic E-state index is 13.1. The fraction of sp³-hybridized carbons (Fsp3) is 0.521. The standard InChI is InChI=1S/C27H31N3O4.C11H16N2O4S.C4H10O.2C2H6.C2H4/c1-27(2,3)25(28-17-31)26(32)30-13-12-20(16-30)34-24-15-22(18-8-6-5-7-9-18)29-23-14-19(33-4)10-11-21(23)24;1-3-8-6-11(8,12-7-14)9(15)13-18(16,17)10(2)4-5-10;1-4(2,3)5;3*1-2/h5-11,14-15,17,20,25H,12-13,16H2,1-4H3,(H,28,31);3,7-8H,1,4-6H2,2H3,(H,12,14)(H,13,15);5H,1-3H3;2*1-2H3;1-2H2/t20?,25-;8?,11-;;;;/m11..../s1. The first kappa shape index (κ1) is 55.7. The van der Waals surface area contributed by atoms with E-state index < -0.39 is 37.9 Å². The summed E-state index contributed by atoms with van der Waals surface area (Å²) in [5.74, 6) is 0.478. The van der Waals surface area contributed by atoms with Gasteiger partial charge in [-0.3, -0.25) is 23.9 Å². The van der Waals surface area contributed by atoms with Crippen molar-refractivity contribution in [2.75, 3.05) is 20.2 Å². The van der Waals surface area contributed by atoms with Gasteiger partial charge in [0.15, 0.2) is 0 Å². The van der Waals surface area contributed by atoms with E-state index in [1.165, 1.54) is 0 Å². The molecule has 63 heavy (non-hydrogen) atoms. The second-order valence-electron chi connectivity index (χ2n) is 17.0. The molecule has 2 saturated carbocycles. The van der Waals surface area contributed by atoms with E-state index in [4.69, 9.17) is 19.6 Å². The summed E-state index contributed by atoms with van der Waals surface area (Å²) in [6, 6.07) is 17.1. The number of aromatic nitrogens is 1. The molecule has 15 heteroatoms. The highest BCUT2D eigenvalue weighted by molar-refractivity contribution is 7.91. The highest BCUT2D eigenvalue weighted by atomic mass is 32.2. The number of aliphatic hydroxyl groups is 1. The number of likely N-dealkylation sites (tertiary alicyclic amines) is 1. The number of sulfonamides is 1. The van der Waals surface area contributed by atoms with E-state index in [-0.39, 0.29) is 23.3 Å². The highest BCUT2D eigenvalue weighted by Gasteiger charge is 2.61. The van der Waals surface area contributed by atoms with E-state index in [0.29, 0.717) is 51.6 Å². The second-order valence-corrected chi connectivity index (χ2v) is 19.2. The third-order valence-corrected chi connectivity index (χ3v) is 12.2. The smallest absolute Gasteiger partial charge is 0.259 e. The first-order chi connectivity index (χ1) is 29.6. The van der Waals surface area contributed by atoms with Gasteiger partial charge >= 0.3 is 0 Å². The molecular weight excluding hydrogens is 823 g/mol. The van der Waals surface area contributed by atoms with Gasteiger partial charge in [0.25, 0.3) is 5.91 Å². The lowest BCUT2D eigenvalue weighted by molar-refractivity contribution is -0.136. The lowest BCUT2D eigenvalue weighted by atomic mass is 9.86. The van der Waals surface area contributed by atoms with Gasteiger partial charge in [-0.25, -0.2) is 13.4 Å². The van der Waals surface area contributed by atoms with E-state index in [0.717, 1.165) is 33.7 Å². The van der Waals surface area contributed by atoms with Crippen molar-refractivity contribution < 1.29 is 42.2 Å². The van der Waals surface area contributed by atoms with Crippen LogP contribution in [0.1, 0.15) is 102 Å². The zero-order valence-corrected chi connectivity index (χ0v) is 40.4. The Morgan fingerprint density at radius 3 is 2.03 bits per heavy atom. The van der Waals surface area contributed by atoms with Crippen molar-refractivity contribution in [2.24, 2.45) is 11.3 Å². The number of carbonyl (C=O) groups excluding carboxylic acids is 4. The number of carbonyl (C=O) groups is 4. The monoisotopic (exact) mass is 896 g/mol. The minimum Gasteiger partial charge on any atom is -0.497 e. The number of amides is 4. The van der Waals surface area contributed by atoms with E-state index >= 15 is 0 Å². The van der Waals surface area contributed by atoms with E-state index in [9.17, 15) is 27.6 Å². The number of hydrogen-bond acceptors (Lipinski definition) is 10. The summed E-state index contributed by atoms with van der Waals surface area (Å²) in [4.78, 5) is 53.4. The van der Waals surface area contributed by atoms with E-state index in [1.807, 2.05) is 103 Å². The van der Waals surface area contributed by atoms with Crippen molar-refractivity contribution in [2.45, 2.75) is 130 Å². The van der Waals surface area contributed by atoms with Crippen LogP contribution < -0.4 is 24.8 Å². The molecule has 1 aliphatic heterocycles. The van der Waals surface area contributed by atoms with Gasteiger partial charge in [0.05, 0.1) is 35.2 Å². The highest BCUT2D eigenvalue weighted by Crippen LogP contribution is 2.46. The Bertz CT molecular complexity index is 2060. The third kappa shape index (κ3) is 15.8. The van der Waals surface area contributed by atoms with Crippen molar-refractivity contribution in [3.05, 3.63) is 80.4 Å². The van der Waals surface area contributed by atoms with Gasteiger partial charge in [-0.1, -0.05) is 84.9 Å². The number of nitrogens with one attached hydrogen (secondary N) is 3. The number of ether oxygens (including phenoxy) is 2. The van der Waals surface area contributed by atoms with Crippen molar-refractivity contribution in [1.82, 2.24) is 25.2 Å². The molecule has 4 atom stereocenters. The topological polar surface area (TPSA) is 193 Å².